The fourth-order valence-electron chi connectivity index (χ4n) is 3.30. The third kappa shape index (κ3) is 3.12. The van der Waals surface area contributed by atoms with Crippen LogP contribution in [-0.2, 0) is 6.42 Å². The predicted octanol–water partition coefficient (Wildman–Crippen LogP) is 5.02. The minimum atomic E-state index is 0.803. The Morgan fingerprint density at radius 3 is 2.67 bits per heavy atom. The lowest BCUT2D eigenvalue weighted by molar-refractivity contribution is 0.415. The van der Waals surface area contributed by atoms with Gasteiger partial charge in [-0.1, -0.05) is 25.1 Å². The molecular formula is C22H22N4O. The second-order valence-electron chi connectivity index (χ2n) is 6.43. The van der Waals surface area contributed by atoms with Crippen molar-refractivity contribution in [1.82, 2.24) is 14.4 Å². The van der Waals surface area contributed by atoms with Crippen LogP contribution < -0.4 is 10.1 Å². The Morgan fingerprint density at radius 2 is 1.93 bits per heavy atom. The third-order valence-corrected chi connectivity index (χ3v) is 4.78. The van der Waals surface area contributed by atoms with Crippen molar-refractivity contribution in [1.29, 1.82) is 0 Å². The summed E-state index contributed by atoms with van der Waals surface area (Å²) in [6.07, 6.45) is 6.44. The molecule has 0 fully saturated rings. The molecule has 2 aromatic heterocycles. The van der Waals surface area contributed by atoms with E-state index in [0.717, 1.165) is 40.6 Å². The first-order chi connectivity index (χ1) is 13.2. The van der Waals surface area contributed by atoms with Crippen molar-refractivity contribution in [2.75, 3.05) is 12.4 Å². The Bertz CT molecular complexity index is 1080. The Morgan fingerprint density at radius 1 is 1.11 bits per heavy atom. The lowest BCUT2D eigenvalue weighted by Gasteiger charge is -2.15. The van der Waals surface area contributed by atoms with Crippen molar-refractivity contribution in [2.45, 2.75) is 20.3 Å². The zero-order chi connectivity index (χ0) is 18.8. The van der Waals surface area contributed by atoms with Gasteiger partial charge in [0, 0.05) is 23.6 Å². The van der Waals surface area contributed by atoms with E-state index in [0.29, 0.717) is 0 Å². The van der Waals surface area contributed by atoms with Gasteiger partial charge in [-0.15, -0.1) is 0 Å². The SMILES string of the molecule is CCc1cccc(C)c1Nc1c(-c2ccc(OC)cc2)nc2cnccn12. The number of fused-ring (bicyclic) bond motifs is 1. The van der Waals surface area contributed by atoms with Crippen LogP contribution in [0.15, 0.2) is 61.1 Å². The zero-order valence-corrected chi connectivity index (χ0v) is 15.7. The smallest absolute Gasteiger partial charge is 0.157 e. The molecule has 0 bridgehead atoms. The highest BCUT2D eigenvalue weighted by Gasteiger charge is 2.16. The van der Waals surface area contributed by atoms with Crippen LogP contribution in [0.3, 0.4) is 0 Å². The van der Waals surface area contributed by atoms with Crippen LogP contribution in [0.2, 0.25) is 0 Å². The topological polar surface area (TPSA) is 51.5 Å². The summed E-state index contributed by atoms with van der Waals surface area (Å²) < 4.78 is 7.32. The second kappa shape index (κ2) is 7.11. The summed E-state index contributed by atoms with van der Waals surface area (Å²) in [5, 5.41) is 3.65. The summed E-state index contributed by atoms with van der Waals surface area (Å²) in [6, 6.07) is 14.3. The molecule has 1 N–H and O–H groups in total. The fourth-order valence-corrected chi connectivity index (χ4v) is 3.30. The number of anilines is 2. The summed E-state index contributed by atoms with van der Waals surface area (Å²) in [5.74, 6) is 1.76. The lowest BCUT2D eigenvalue weighted by Crippen LogP contribution is -2.02. The van der Waals surface area contributed by atoms with Gasteiger partial charge in [-0.3, -0.25) is 9.38 Å². The third-order valence-electron chi connectivity index (χ3n) is 4.78. The van der Waals surface area contributed by atoms with Crippen molar-refractivity contribution in [3.63, 3.8) is 0 Å². The zero-order valence-electron chi connectivity index (χ0n) is 15.7. The number of hydrogen-bond acceptors (Lipinski definition) is 4. The summed E-state index contributed by atoms with van der Waals surface area (Å²) in [4.78, 5) is 9.03. The maximum absolute atomic E-state index is 5.28. The standard InChI is InChI=1S/C22H22N4O/c1-4-16-7-5-6-15(2)20(16)25-22-21(17-8-10-18(27-3)11-9-17)24-19-14-23-12-13-26(19)22/h5-14,25H,4H2,1-3H3. The highest BCUT2D eigenvalue weighted by atomic mass is 16.5. The van der Waals surface area contributed by atoms with Crippen LogP contribution in [0.4, 0.5) is 11.5 Å². The van der Waals surface area contributed by atoms with Crippen LogP contribution in [0.25, 0.3) is 16.9 Å². The van der Waals surface area contributed by atoms with Crippen LogP contribution >= 0.6 is 0 Å². The molecule has 0 aliphatic rings. The first-order valence-electron chi connectivity index (χ1n) is 9.03. The van der Waals surface area contributed by atoms with Gasteiger partial charge in [0.05, 0.1) is 13.3 Å². The van der Waals surface area contributed by atoms with Gasteiger partial charge >= 0.3 is 0 Å². The average Bonchev–Trinajstić information content (AvgIpc) is 3.08. The van der Waals surface area contributed by atoms with Crippen molar-refractivity contribution in [2.24, 2.45) is 0 Å². The van der Waals surface area contributed by atoms with Gasteiger partial charge < -0.3 is 10.1 Å². The van der Waals surface area contributed by atoms with Crippen molar-refractivity contribution < 1.29 is 4.74 Å². The number of nitrogens with zero attached hydrogens (tertiary/aromatic N) is 3. The number of hydrogen-bond donors (Lipinski definition) is 1. The number of para-hydroxylation sites is 1. The number of imidazole rings is 1. The average molecular weight is 358 g/mol. The molecule has 2 heterocycles. The summed E-state index contributed by atoms with van der Waals surface area (Å²) in [7, 11) is 1.67. The molecule has 2 aromatic carbocycles. The molecule has 0 spiro atoms. The molecule has 5 nitrogen and oxygen atoms in total. The Kier molecular flexibility index (Phi) is 4.50. The van der Waals surface area contributed by atoms with Gasteiger partial charge in [0.2, 0.25) is 0 Å². The monoisotopic (exact) mass is 358 g/mol. The Labute approximate surface area is 158 Å². The first-order valence-corrected chi connectivity index (χ1v) is 9.03. The molecule has 4 aromatic rings. The van der Waals surface area contributed by atoms with Gasteiger partial charge in [-0.05, 0) is 48.7 Å². The number of nitrogens with one attached hydrogen (secondary N) is 1. The van der Waals surface area contributed by atoms with E-state index >= 15 is 0 Å². The van der Waals surface area contributed by atoms with Gasteiger partial charge in [-0.25, -0.2) is 4.98 Å². The van der Waals surface area contributed by atoms with Crippen LogP contribution in [0, 0.1) is 6.92 Å². The van der Waals surface area contributed by atoms with Gasteiger partial charge in [0.1, 0.15) is 17.3 Å². The van der Waals surface area contributed by atoms with Crippen molar-refractivity contribution in [3.8, 4) is 17.0 Å². The molecule has 4 rings (SSSR count). The van der Waals surface area contributed by atoms with E-state index in [9.17, 15) is 0 Å². The van der Waals surface area contributed by atoms with Gasteiger partial charge in [-0.2, -0.15) is 0 Å². The number of aryl methyl sites for hydroxylation is 2. The van der Waals surface area contributed by atoms with E-state index in [1.807, 2.05) is 34.9 Å². The van der Waals surface area contributed by atoms with E-state index in [1.54, 1.807) is 19.5 Å². The Balaban J connectivity index is 1.89. The van der Waals surface area contributed by atoms with Crippen LogP contribution in [0.1, 0.15) is 18.1 Å². The van der Waals surface area contributed by atoms with Gasteiger partial charge in [0.25, 0.3) is 0 Å². The first kappa shape index (κ1) is 17.1. The van der Waals surface area contributed by atoms with E-state index in [2.05, 4.69) is 42.3 Å². The molecule has 5 heteroatoms. The molecule has 0 aliphatic carbocycles. The van der Waals surface area contributed by atoms with Crippen molar-refractivity contribution in [3.05, 3.63) is 72.2 Å². The quantitative estimate of drug-likeness (QED) is 0.544. The van der Waals surface area contributed by atoms with E-state index < -0.39 is 0 Å². The predicted molar refractivity (Wildman–Crippen MR) is 109 cm³/mol. The molecule has 0 unspecified atom stereocenters. The van der Waals surface area contributed by atoms with E-state index in [4.69, 9.17) is 9.72 Å². The molecule has 0 atom stereocenters. The maximum atomic E-state index is 5.28. The normalized spacial score (nSPS) is 10.9. The fraction of sp³-hybridized carbons (Fsp3) is 0.182. The molecule has 0 saturated heterocycles. The molecular weight excluding hydrogens is 336 g/mol. The molecule has 0 aliphatic heterocycles. The van der Waals surface area contributed by atoms with Gasteiger partial charge in [0.15, 0.2) is 5.65 Å². The summed E-state index contributed by atoms with van der Waals surface area (Å²) in [5.41, 5.74) is 6.33. The van der Waals surface area contributed by atoms with E-state index in [-0.39, 0.29) is 0 Å². The van der Waals surface area contributed by atoms with E-state index in [1.165, 1.54) is 11.1 Å². The molecule has 27 heavy (non-hydrogen) atoms. The highest BCUT2D eigenvalue weighted by Crippen LogP contribution is 2.34. The summed E-state index contributed by atoms with van der Waals surface area (Å²) >= 11 is 0. The number of benzene rings is 2. The molecule has 136 valence electrons. The number of aromatic nitrogens is 3. The number of rotatable bonds is 5. The molecule has 0 radical (unpaired) electrons. The minimum Gasteiger partial charge on any atom is -0.497 e. The molecule has 0 amide bonds. The largest absolute Gasteiger partial charge is 0.497 e. The Hall–Kier alpha value is -3.34. The highest BCUT2D eigenvalue weighted by molar-refractivity contribution is 5.81. The number of methoxy groups -OCH3 is 1. The summed E-state index contributed by atoms with van der Waals surface area (Å²) in [6.45, 7) is 4.29. The van der Waals surface area contributed by atoms with Crippen LogP contribution in [-0.4, -0.2) is 21.5 Å². The molecule has 0 saturated carbocycles. The van der Waals surface area contributed by atoms with Crippen molar-refractivity contribution >= 4 is 17.2 Å². The lowest BCUT2D eigenvalue weighted by atomic mass is 10.1. The number of ether oxygens (including phenoxy) is 1. The second-order valence-corrected chi connectivity index (χ2v) is 6.43. The van der Waals surface area contributed by atoms with Crippen LogP contribution in [0.5, 0.6) is 5.75 Å². The minimum absolute atomic E-state index is 0.803. The maximum Gasteiger partial charge on any atom is 0.157 e.